The summed E-state index contributed by atoms with van der Waals surface area (Å²) in [6, 6.07) is 14.5. The van der Waals surface area contributed by atoms with E-state index in [1.54, 1.807) is 0 Å². The molecule has 1 aliphatic rings. The second kappa shape index (κ2) is 6.73. The molecular weight excluding hydrogens is 302 g/mol. The van der Waals surface area contributed by atoms with Crippen molar-refractivity contribution in [3.63, 3.8) is 0 Å². The highest BCUT2D eigenvalue weighted by Gasteiger charge is 2.23. The van der Waals surface area contributed by atoms with E-state index in [1.807, 2.05) is 30.9 Å². The second-order valence-corrected chi connectivity index (χ2v) is 6.62. The first-order chi connectivity index (χ1) is 10.3. The van der Waals surface area contributed by atoms with Crippen LogP contribution in [-0.4, -0.2) is 19.4 Å². The predicted molar refractivity (Wildman–Crippen MR) is 89.6 cm³/mol. The molecule has 21 heavy (non-hydrogen) atoms. The Morgan fingerprint density at radius 2 is 2.14 bits per heavy atom. The first kappa shape index (κ1) is 14.8. The largest absolute Gasteiger partial charge is 0.491 e. The molecule has 0 fully saturated rings. The quantitative estimate of drug-likeness (QED) is 0.886. The van der Waals surface area contributed by atoms with E-state index in [0.29, 0.717) is 17.5 Å². The van der Waals surface area contributed by atoms with Gasteiger partial charge in [0.15, 0.2) is 0 Å². The number of benzene rings is 2. The van der Waals surface area contributed by atoms with Gasteiger partial charge in [0, 0.05) is 23.1 Å². The van der Waals surface area contributed by atoms with E-state index in [9.17, 15) is 0 Å². The summed E-state index contributed by atoms with van der Waals surface area (Å²) in [5.74, 6) is 2.29. The van der Waals surface area contributed by atoms with E-state index in [4.69, 9.17) is 16.3 Å². The highest BCUT2D eigenvalue weighted by molar-refractivity contribution is 7.99. The maximum absolute atomic E-state index is 6.29. The summed E-state index contributed by atoms with van der Waals surface area (Å²) in [7, 11) is 1.92. The van der Waals surface area contributed by atoms with Gasteiger partial charge in [-0.15, -0.1) is 11.8 Å². The number of hydrogen-bond acceptors (Lipinski definition) is 3. The fourth-order valence-electron chi connectivity index (χ4n) is 2.53. The van der Waals surface area contributed by atoms with Crippen molar-refractivity contribution in [1.82, 2.24) is 5.32 Å². The minimum atomic E-state index is 0.444. The normalized spacial score (nSPS) is 16.8. The van der Waals surface area contributed by atoms with Gasteiger partial charge in [-0.2, -0.15) is 0 Å². The molecule has 4 heteroatoms. The van der Waals surface area contributed by atoms with Gasteiger partial charge in [-0.05, 0) is 36.4 Å². The van der Waals surface area contributed by atoms with Gasteiger partial charge in [-0.1, -0.05) is 35.9 Å². The van der Waals surface area contributed by atoms with Crippen LogP contribution >= 0.6 is 23.4 Å². The molecule has 1 N–H and O–H groups in total. The smallest absolute Gasteiger partial charge is 0.137 e. The standard InChI is InChI=1S/C17H18ClNOS/c1-19-9-12-6-7-16(15(18)8-12)20-10-13-11-21-17-5-3-2-4-14(13)17/h2-8,13,19H,9-11H2,1H3. The lowest BCUT2D eigenvalue weighted by molar-refractivity contribution is 0.298. The maximum atomic E-state index is 6.29. The third-order valence-corrected chi connectivity index (χ3v) is 5.16. The van der Waals surface area contributed by atoms with Crippen LogP contribution in [-0.2, 0) is 6.54 Å². The van der Waals surface area contributed by atoms with Gasteiger partial charge in [0.2, 0.25) is 0 Å². The number of fused-ring (bicyclic) bond motifs is 1. The van der Waals surface area contributed by atoms with Gasteiger partial charge < -0.3 is 10.1 Å². The van der Waals surface area contributed by atoms with Crippen molar-refractivity contribution in [1.29, 1.82) is 0 Å². The van der Waals surface area contributed by atoms with E-state index in [1.165, 1.54) is 10.5 Å². The second-order valence-electron chi connectivity index (χ2n) is 5.15. The number of rotatable bonds is 5. The van der Waals surface area contributed by atoms with Gasteiger partial charge in [-0.3, -0.25) is 0 Å². The summed E-state index contributed by atoms with van der Waals surface area (Å²) in [5, 5.41) is 3.80. The number of thioether (sulfide) groups is 1. The highest BCUT2D eigenvalue weighted by Crippen LogP contribution is 2.39. The van der Waals surface area contributed by atoms with E-state index in [-0.39, 0.29) is 0 Å². The van der Waals surface area contributed by atoms with Gasteiger partial charge in [0.05, 0.1) is 11.6 Å². The molecule has 0 radical (unpaired) electrons. The SMILES string of the molecule is CNCc1ccc(OCC2CSc3ccccc32)c(Cl)c1. The first-order valence-electron chi connectivity index (χ1n) is 7.05. The molecule has 0 aliphatic carbocycles. The van der Waals surface area contributed by atoms with Crippen molar-refractivity contribution in [2.45, 2.75) is 17.4 Å². The summed E-state index contributed by atoms with van der Waals surface area (Å²) in [4.78, 5) is 1.38. The Kier molecular flexibility index (Phi) is 4.73. The lowest BCUT2D eigenvalue weighted by Crippen LogP contribution is -2.10. The molecule has 2 aromatic rings. The molecule has 1 unspecified atom stereocenters. The zero-order valence-corrected chi connectivity index (χ0v) is 13.5. The molecule has 2 aromatic carbocycles. The van der Waals surface area contributed by atoms with Crippen molar-refractivity contribution in [3.8, 4) is 5.75 Å². The van der Waals surface area contributed by atoms with Crippen LogP contribution in [0.2, 0.25) is 5.02 Å². The van der Waals surface area contributed by atoms with E-state index >= 15 is 0 Å². The molecule has 2 nitrogen and oxygen atoms in total. The molecule has 0 saturated carbocycles. The summed E-state index contributed by atoms with van der Waals surface area (Å²) in [5.41, 5.74) is 2.56. The summed E-state index contributed by atoms with van der Waals surface area (Å²) in [6.07, 6.45) is 0. The van der Waals surface area contributed by atoms with E-state index < -0.39 is 0 Å². The van der Waals surface area contributed by atoms with E-state index in [2.05, 4.69) is 35.6 Å². The monoisotopic (exact) mass is 319 g/mol. The van der Waals surface area contributed by atoms with E-state index in [0.717, 1.165) is 23.6 Å². The third kappa shape index (κ3) is 3.37. The maximum Gasteiger partial charge on any atom is 0.137 e. The molecule has 110 valence electrons. The number of hydrogen-bond donors (Lipinski definition) is 1. The Bertz CT molecular complexity index is 632. The number of halogens is 1. The lowest BCUT2D eigenvalue weighted by atomic mass is 10.0. The molecule has 1 heterocycles. The molecule has 0 spiro atoms. The van der Waals surface area contributed by atoms with Crippen LogP contribution in [0, 0.1) is 0 Å². The molecule has 0 saturated heterocycles. The Labute approximate surface area is 134 Å². The molecular formula is C17H18ClNOS. The molecule has 0 aromatic heterocycles. The fraction of sp³-hybridized carbons (Fsp3) is 0.294. The van der Waals surface area contributed by atoms with Crippen LogP contribution < -0.4 is 10.1 Å². The fourth-order valence-corrected chi connectivity index (χ4v) is 4.02. The van der Waals surface area contributed by atoms with Crippen LogP contribution in [0.3, 0.4) is 0 Å². The van der Waals surface area contributed by atoms with Crippen molar-refractivity contribution >= 4 is 23.4 Å². The van der Waals surface area contributed by atoms with Crippen LogP contribution in [0.1, 0.15) is 17.0 Å². The number of nitrogens with one attached hydrogen (secondary N) is 1. The predicted octanol–water partition coefficient (Wildman–Crippen LogP) is 4.33. The zero-order chi connectivity index (χ0) is 14.7. The van der Waals surface area contributed by atoms with Crippen LogP contribution in [0.25, 0.3) is 0 Å². The molecule has 0 amide bonds. The third-order valence-electron chi connectivity index (χ3n) is 3.62. The van der Waals surface area contributed by atoms with Gasteiger partial charge >= 0.3 is 0 Å². The molecule has 0 bridgehead atoms. The zero-order valence-electron chi connectivity index (χ0n) is 11.9. The average molecular weight is 320 g/mol. The Morgan fingerprint density at radius 3 is 2.95 bits per heavy atom. The molecule has 1 aliphatic heterocycles. The van der Waals surface area contributed by atoms with Gasteiger partial charge in [0.25, 0.3) is 0 Å². The van der Waals surface area contributed by atoms with Crippen molar-refractivity contribution in [2.75, 3.05) is 19.4 Å². The average Bonchev–Trinajstić information content (AvgIpc) is 2.90. The van der Waals surface area contributed by atoms with Crippen LogP contribution in [0.4, 0.5) is 0 Å². The Morgan fingerprint density at radius 1 is 1.29 bits per heavy atom. The number of ether oxygens (including phenoxy) is 1. The minimum Gasteiger partial charge on any atom is -0.491 e. The first-order valence-corrected chi connectivity index (χ1v) is 8.42. The van der Waals surface area contributed by atoms with Crippen molar-refractivity contribution in [3.05, 3.63) is 58.6 Å². The van der Waals surface area contributed by atoms with Crippen molar-refractivity contribution < 1.29 is 4.74 Å². The van der Waals surface area contributed by atoms with Crippen LogP contribution in [0.5, 0.6) is 5.75 Å². The Balaban J connectivity index is 1.66. The van der Waals surface area contributed by atoms with Crippen molar-refractivity contribution in [2.24, 2.45) is 0 Å². The van der Waals surface area contributed by atoms with Gasteiger partial charge in [-0.25, -0.2) is 0 Å². The summed E-state index contributed by atoms with van der Waals surface area (Å²) in [6.45, 7) is 1.49. The highest BCUT2D eigenvalue weighted by atomic mass is 35.5. The summed E-state index contributed by atoms with van der Waals surface area (Å²) < 4.78 is 5.95. The summed E-state index contributed by atoms with van der Waals surface area (Å²) >= 11 is 8.20. The minimum absolute atomic E-state index is 0.444. The molecule has 1 atom stereocenters. The van der Waals surface area contributed by atoms with Gasteiger partial charge in [0.1, 0.15) is 5.75 Å². The van der Waals surface area contributed by atoms with Crippen LogP contribution in [0.15, 0.2) is 47.4 Å². The Hall–Kier alpha value is -1.16. The lowest BCUT2D eigenvalue weighted by Gasteiger charge is -2.14. The molecule has 3 rings (SSSR count). The topological polar surface area (TPSA) is 21.3 Å².